The molecule has 0 atom stereocenters. The van der Waals surface area contributed by atoms with Gasteiger partial charge in [-0.2, -0.15) is 0 Å². The standard InChI is InChI=1S/C32H30N2O2S/c1-3-7-25-21-27(11-9-23(25)5-1)29-30(33-13-17-35-18-14-33)31(37-32(29)34-15-19-36-20-16-34)28-12-10-24-6-2-4-8-26(24)22-28/h1-12,21-22H,13-20H2. The van der Waals surface area contributed by atoms with Crippen LogP contribution in [0.5, 0.6) is 0 Å². The van der Waals surface area contributed by atoms with Gasteiger partial charge in [-0.25, -0.2) is 0 Å². The smallest absolute Gasteiger partial charge is 0.102 e. The van der Waals surface area contributed by atoms with E-state index in [4.69, 9.17) is 9.47 Å². The molecule has 7 rings (SSSR count). The van der Waals surface area contributed by atoms with Crippen molar-refractivity contribution in [3.63, 3.8) is 0 Å². The molecule has 4 nitrogen and oxygen atoms in total. The van der Waals surface area contributed by atoms with E-state index in [-0.39, 0.29) is 0 Å². The molecule has 3 heterocycles. The monoisotopic (exact) mass is 506 g/mol. The first-order chi connectivity index (χ1) is 18.3. The number of nitrogens with zero attached hydrogens (tertiary/aromatic N) is 2. The number of hydrogen-bond acceptors (Lipinski definition) is 5. The number of fused-ring (bicyclic) bond motifs is 2. The van der Waals surface area contributed by atoms with Crippen molar-refractivity contribution in [1.29, 1.82) is 0 Å². The predicted molar refractivity (Wildman–Crippen MR) is 156 cm³/mol. The zero-order chi connectivity index (χ0) is 24.6. The molecule has 4 aromatic carbocycles. The van der Waals surface area contributed by atoms with Gasteiger partial charge in [0.1, 0.15) is 5.00 Å². The summed E-state index contributed by atoms with van der Waals surface area (Å²) in [6.07, 6.45) is 0. The van der Waals surface area contributed by atoms with Gasteiger partial charge in [0, 0.05) is 31.7 Å². The van der Waals surface area contributed by atoms with Gasteiger partial charge in [0.15, 0.2) is 0 Å². The molecule has 0 aliphatic carbocycles. The van der Waals surface area contributed by atoms with Gasteiger partial charge < -0.3 is 19.3 Å². The van der Waals surface area contributed by atoms with Gasteiger partial charge in [0.25, 0.3) is 0 Å². The first kappa shape index (κ1) is 22.8. The molecular weight excluding hydrogens is 476 g/mol. The lowest BCUT2D eigenvalue weighted by Crippen LogP contribution is -2.37. The summed E-state index contributed by atoms with van der Waals surface area (Å²) in [5, 5.41) is 6.46. The molecule has 186 valence electrons. The molecule has 5 aromatic rings. The van der Waals surface area contributed by atoms with Gasteiger partial charge in [0.05, 0.1) is 37.0 Å². The third-order valence-electron chi connectivity index (χ3n) is 7.54. The fourth-order valence-electron chi connectivity index (χ4n) is 5.62. The van der Waals surface area contributed by atoms with E-state index in [1.807, 2.05) is 11.3 Å². The van der Waals surface area contributed by atoms with E-state index in [9.17, 15) is 0 Å². The molecular formula is C32H30N2O2S. The van der Waals surface area contributed by atoms with E-state index in [2.05, 4.69) is 94.7 Å². The van der Waals surface area contributed by atoms with Gasteiger partial charge in [-0.05, 0) is 44.8 Å². The van der Waals surface area contributed by atoms with Crippen molar-refractivity contribution in [2.24, 2.45) is 0 Å². The van der Waals surface area contributed by atoms with Crippen LogP contribution in [-0.2, 0) is 9.47 Å². The summed E-state index contributed by atoms with van der Waals surface area (Å²) < 4.78 is 11.5. The molecule has 5 heteroatoms. The molecule has 0 saturated carbocycles. The molecule has 2 aliphatic heterocycles. The summed E-state index contributed by atoms with van der Waals surface area (Å²) in [5.74, 6) is 0. The number of anilines is 2. The highest BCUT2D eigenvalue weighted by molar-refractivity contribution is 7.21. The number of ether oxygens (including phenoxy) is 2. The molecule has 1 aromatic heterocycles. The Morgan fingerprint density at radius 2 is 1.05 bits per heavy atom. The van der Waals surface area contributed by atoms with E-state index < -0.39 is 0 Å². The molecule has 0 radical (unpaired) electrons. The average Bonchev–Trinajstić information content (AvgIpc) is 3.38. The molecule has 2 fully saturated rings. The minimum atomic E-state index is 0.761. The summed E-state index contributed by atoms with van der Waals surface area (Å²) in [6.45, 7) is 6.71. The van der Waals surface area contributed by atoms with Crippen molar-refractivity contribution in [3.8, 4) is 21.6 Å². The highest BCUT2D eigenvalue weighted by Crippen LogP contribution is 2.53. The van der Waals surface area contributed by atoms with Crippen LogP contribution in [0, 0.1) is 0 Å². The Hall–Kier alpha value is -3.38. The van der Waals surface area contributed by atoms with Gasteiger partial charge in [-0.3, -0.25) is 0 Å². The summed E-state index contributed by atoms with van der Waals surface area (Å²) >= 11 is 1.94. The summed E-state index contributed by atoms with van der Waals surface area (Å²) in [6, 6.07) is 31.2. The van der Waals surface area contributed by atoms with Crippen LogP contribution in [-0.4, -0.2) is 52.6 Å². The molecule has 0 N–H and O–H groups in total. The maximum Gasteiger partial charge on any atom is 0.102 e. The van der Waals surface area contributed by atoms with Gasteiger partial charge >= 0.3 is 0 Å². The number of benzene rings is 4. The SMILES string of the molecule is c1ccc2cc(-c3sc(N4CCOCC4)c(-c4ccc5ccccc5c4)c3N3CCOCC3)ccc2c1. The molecule has 0 spiro atoms. The van der Waals surface area contributed by atoms with Crippen LogP contribution in [0.25, 0.3) is 43.1 Å². The lowest BCUT2D eigenvalue weighted by Gasteiger charge is -2.32. The maximum atomic E-state index is 5.79. The van der Waals surface area contributed by atoms with E-state index >= 15 is 0 Å². The Morgan fingerprint density at radius 1 is 0.541 bits per heavy atom. The first-order valence-electron chi connectivity index (χ1n) is 13.2. The van der Waals surface area contributed by atoms with Gasteiger partial charge in [0.2, 0.25) is 0 Å². The van der Waals surface area contributed by atoms with E-state index in [1.165, 1.54) is 53.8 Å². The largest absolute Gasteiger partial charge is 0.378 e. The van der Waals surface area contributed by atoms with Crippen LogP contribution in [0.4, 0.5) is 10.7 Å². The second-order valence-corrected chi connectivity index (χ2v) is 10.8. The lowest BCUT2D eigenvalue weighted by molar-refractivity contribution is 0.122. The number of hydrogen-bond donors (Lipinski definition) is 0. The van der Waals surface area contributed by atoms with Crippen LogP contribution >= 0.6 is 11.3 Å². The van der Waals surface area contributed by atoms with Gasteiger partial charge in [-0.1, -0.05) is 72.8 Å². The average molecular weight is 507 g/mol. The Balaban J connectivity index is 1.49. The minimum absolute atomic E-state index is 0.761. The Kier molecular flexibility index (Phi) is 6.05. The summed E-state index contributed by atoms with van der Waals surface area (Å²) in [7, 11) is 0. The number of thiophene rings is 1. The molecule has 0 unspecified atom stereocenters. The quantitative estimate of drug-likeness (QED) is 0.260. The van der Waals surface area contributed by atoms with Crippen molar-refractivity contribution >= 4 is 43.6 Å². The van der Waals surface area contributed by atoms with Gasteiger partial charge in [-0.15, -0.1) is 11.3 Å². The van der Waals surface area contributed by atoms with Crippen molar-refractivity contribution in [2.75, 3.05) is 62.4 Å². The highest BCUT2D eigenvalue weighted by atomic mass is 32.1. The van der Waals surface area contributed by atoms with Crippen LogP contribution in [0.15, 0.2) is 84.9 Å². The summed E-state index contributed by atoms with van der Waals surface area (Å²) in [4.78, 5) is 6.43. The fraction of sp³-hybridized carbons (Fsp3) is 0.250. The lowest BCUT2D eigenvalue weighted by atomic mass is 9.98. The van der Waals surface area contributed by atoms with Crippen molar-refractivity contribution in [3.05, 3.63) is 84.9 Å². The molecule has 0 bridgehead atoms. The number of rotatable bonds is 4. The third-order valence-corrected chi connectivity index (χ3v) is 8.83. The Morgan fingerprint density at radius 3 is 1.68 bits per heavy atom. The molecule has 2 aliphatic rings. The van der Waals surface area contributed by atoms with E-state index in [1.54, 1.807) is 0 Å². The molecule has 2 saturated heterocycles. The highest BCUT2D eigenvalue weighted by Gasteiger charge is 2.29. The normalized spacial score (nSPS) is 16.5. The first-order valence-corrected chi connectivity index (χ1v) is 14.0. The zero-order valence-corrected chi connectivity index (χ0v) is 21.7. The Labute approximate surface area is 221 Å². The minimum Gasteiger partial charge on any atom is -0.378 e. The topological polar surface area (TPSA) is 24.9 Å². The maximum absolute atomic E-state index is 5.79. The zero-order valence-electron chi connectivity index (χ0n) is 20.9. The molecule has 37 heavy (non-hydrogen) atoms. The van der Waals surface area contributed by atoms with Crippen molar-refractivity contribution in [2.45, 2.75) is 0 Å². The van der Waals surface area contributed by atoms with Crippen molar-refractivity contribution < 1.29 is 9.47 Å². The summed E-state index contributed by atoms with van der Waals surface area (Å²) in [5.41, 5.74) is 5.26. The second-order valence-electron chi connectivity index (χ2n) is 9.78. The second kappa shape index (κ2) is 9.82. The van der Waals surface area contributed by atoms with Crippen LogP contribution in [0.2, 0.25) is 0 Å². The predicted octanol–water partition coefficient (Wildman–Crippen LogP) is 7.06. The Bertz CT molecular complexity index is 1560. The van der Waals surface area contributed by atoms with Crippen LogP contribution in [0.3, 0.4) is 0 Å². The van der Waals surface area contributed by atoms with E-state index in [0.717, 1.165) is 52.6 Å². The van der Waals surface area contributed by atoms with Crippen LogP contribution in [0.1, 0.15) is 0 Å². The third kappa shape index (κ3) is 4.27. The molecule has 0 amide bonds. The fourth-order valence-corrected chi connectivity index (χ4v) is 7.01. The van der Waals surface area contributed by atoms with Crippen molar-refractivity contribution in [1.82, 2.24) is 0 Å². The van der Waals surface area contributed by atoms with Crippen LogP contribution < -0.4 is 9.80 Å². The van der Waals surface area contributed by atoms with E-state index in [0.29, 0.717) is 0 Å². The number of morpholine rings is 2.